The van der Waals surface area contributed by atoms with Gasteiger partial charge in [-0.2, -0.15) is 0 Å². The summed E-state index contributed by atoms with van der Waals surface area (Å²) < 4.78 is 3.81. The Bertz CT molecular complexity index is 1590. The van der Waals surface area contributed by atoms with E-state index in [2.05, 4.69) is 10.2 Å². The first-order valence-electron chi connectivity index (χ1n) is 10.6. The Labute approximate surface area is 210 Å². The van der Waals surface area contributed by atoms with E-state index in [1.807, 2.05) is 48.7 Å². The molecule has 4 aromatic rings. The molecule has 2 N–H and O–H groups in total. The minimum Gasteiger partial charge on any atom is -0.384 e. The smallest absolute Gasteiger partial charge is 0.332 e. The number of nitrogens with zero attached hydrogens (tertiary/aromatic N) is 5. The average molecular weight is 511 g/mol. The van der Waals surface area contributed by atoms with Gasteiger partial charge in [0.15, 0.2) is 16.8 Å². The van der Waals surface area contributed by atoms with Crippen molar-refractivity contribution in [3.8, 4) is 17.1 Å². The van der Waals surface area contributed by atoms with Crippen molar-refractivity contribution >= 4 is 35.0 Å². The fourth-order valence-electron chi connectivity index (χ4n) is 3.68. The van der Waals surface area contributed by atoms with Crippen LogP contribution in [0.1, 0.15) is 21.5 Å². The lowest BCUT2D eigenvalue weighted by Gasteiger charge is -2.14. The third-order valence-electron chi connectivity index (χ3n) is 5.64. The molecule has 2 heterocycles. The van der Waals surface area contributed by atoms with E-state index < -0.39 is 17.0 Å². The predicted octanol–water partition coefficient (Wildman–Crippen LogP) is 3.16. The number of hydrogen-bond acceptors (Lipinski definition) is 7. The third-order valence-corrected chi connectivity index (χ3v) is 6.81. The van der Waals surface area contributed by atoms with Crippen LogP contribution in [0.4, 0.5) is 5.82 Å². The highest BCUT2D eigenvalue weighted by atomic mass is 35.5. The van der Waals surface area contributed by atoms with Crippen molar-refractivity contribution in [3.05, 3.63) is 85.0 Å². The molecule has 9 nitrogen and oxygen atoms in total. The molecule has 0 spiro atoms. The molecule has 2 aromatic heterocycles. The Balaban J connectivity index is 1.78. The van der Waals surface area contributed by atoms with Crippen LogP contribution in [0, 0.1) is 13.8 Å². The molecule has 0 radical (unpaired) electrons. The second-order valence-corrected chi connectivity index (χ2v) is 9.50. The highest BCUT2D eigenvalue weighted by Crippen LogP contribution is 2.31. The number of carbonyl (C=O) groups is 1. The maximum Gasteiger partial charge on any atom is 0.332 e. The summed E-state index contributed by atoms with van der Waals surface area (Å²) in [5, 5.41) is 9.75. The summed E-state index contributed by atoms with van der Waals surface area (Å²) >= 11 is 7.35. The molecule has 0 saturated heterocycles. The van der Waals surface area contributed by atoms with E-state index in [-0.39, 0.29) is 17.1 Å². The molecule has 0 unspecified atom stereocenters. The molecule has 0 aliphatic carbocycles. The number of halogens is 1. The second kappa shape index (κ2) is 9.55. The number of thioether (sulfide) groups is 1. The van der Waals surface area contributed by atoms with Gasteiger partial charge in [-0.05, 0) is 43.2 Å². The maximum absolute atomic E-state index is 13.1. The number of rotatable bonds is 6. The Morgan fingerprint density at radius 1 is 1.06 bits per heavy atom. The van der Waals surface area contributed by atoms with E-state index >= 15 is 0 Å². The highest BCUT2D eigenvalue weighted by Gasteiger charge is 2.23. The highest BCUT2D eigenvalue weighted by molar-refractivity contribution is 7.99. The van der Waals surface area contributed by atoms with Crippen LogP contribution in [-0.4, -0.2) is 35.4 Å². The Morgan fingerprint density at radius 2 is 1.80 bits per heavy atom. The van der Waals surface area contributed by atoms with Gasteiger partial charge in [-0.15, -0.1) is 10.2 Å². The number of ketones is 1. The van der Waals surface area contributed by atoms with Gasteiger partial charge in [-0.1, -0.05) is 47.6 Å². The average Bonchev–Trinajstić information content (AvgIpc) is 3.25. The minimum atomic E-state index is -0.730. The standard InChI is InChI=1S/C24H23ClN6O3S/c1-13-8-9-14(2)17(10-13)31-21(15-6-5-7-16(25)11-15)27-28-23(31)35-12-18(32)19-20(26)29(3)24(34)30(4)22(19)33/h5-11H,12,26H2,1-4H3. The zero-order chi connectivity index (χ0) is 25.4. The number of nitrogens with two attached hydrogens (primary N) is 1. The summed E-state index contributed by atoms with van der Waals surface area (Å²) in [5.41, 5.74) is 8.05. The van der Waals surface area contributed by atoms with Crippen LogP contribution in [0.15, 0.2) is 57.2 Å². The molecular formula is C24H23ClN6O3S. The van der Waals surface area contributed by atoms with Crippen LogP contribution in [0.5, 0.6) is 0 Å². The number of aryl methyl sites for hydroxylation is 2. The first-order chi connectivity index (χ1) is 16.6. The molecular weight excluding hydrogens is 488 g/mol. The molecule has 0 aliphatic heterocycles. The van der Waals surface area contributed by atoms with Gasteiger partial charge in [-0.3, -0.25) is 23.3 Å². The van der Waals surface area contributed by atoms with Gasteiger partial charge in [-0.25, -0.2) is 4.79 Å². The molecule has 0 bridgehead atoms. The van der Waals surface area contributed by atoms with Gasteiger partial charge in [0.05, 0.1) is 11.4 Å². The van der Waals surface area contributed by atoms with Crippen LogP contribution in [0.2, 0.25) is 5.02 Å². The van der Waals surface area contributed by atoms with E-state index in [0.717, 1.165) is 43.3 Å². The zero-order valence-electron chi connectivity index (χ0n) is 19.6. The van der Waals surface area contributed by atoms with E-state index in [1.54, 1.807) is 12.1 Å². The van der Waals surface area contributed by atoms with Crippen molar-refractivity contribution in [1.29, 1.82) is 0 Å². The van der Waals surface area contributed by atoms with Crippen molar-refractivity contribution in [1.82, 2.24) is 23.9 Å². The first-order valence-corrected chi connectivity index (χ1v) is 12.0. The summed E-state index contributed by atoms with van der Waals surface area (Å²) in [6.45, 7) is 3.96. The van der Waals surface area contributed by atoms with Crippen LogP contribution in [0.3, 0.4) is 0 Å². The summed E-state index contributed by atoms with van der Waals surface area (Å²) in [4.78, 5) is 37.7. The SMILES string of the molecule is Cc1ccc(C)c(-n2c(SCC(=O)c3c(N)n(C)c(=O)n(C)c3=O)nnc2-c2cccc(Cl)c2)c1. The number of aromatic nitrogens is 5. The van der Waals surface area contributed by atoms with Crippen LogP contribution < -0.4 is 17.0 Å². The largest absolute Gasteiger partial charge is 0.384 e. The number of nitrogen functional groups attached to an aromatic ring is 1. The zero-order valence-corrected chi connectivity index (χ0v) is 21.1. The van der Waals surface area contributed by atoms with Gasteiger partial charge < -0.3 is 5.73 Å². The Kier molecular flexibility index (Phi) is 6.68. The molecule has 4 rings (SSSR count). The summed E-state index contributed by atoms with van der Waals surface area (Å²) in [5.74, 6) is -0.243. The Morgan fingerprint density at radius 3 is 2.51 bits per heavy atom. The molecule has 180 valence electrons. The number of benzene rings is 2. The van der Waals surface area contributed by atoms with E-state index in [9.17, 15) is 14.4 Å². The van der Waals surface area contributed by atoms with Crippen LogP contribution in [0.25, 0.3) is 17.1 Å². The third kappa shape index (κ3) is 4.54. The molecule has 0 atom stereocenters. The van der Waals surface area contributed by atoms with E-state index in [1.165, 1.54) is 14.1 Å². The predicted molar refractivity (Wildman–Crippen MR) is 138 cm³/mol. The molecule has 11 heteroatoms. The van der Waals surface area contributed by atoms with Gasteiger partial charge in [0, 0.05) is 24.7 Å². The number of carbonyl (C=O) groups excluding carboxylic acids is 1. The van der Waals surface area contributed by atoms with Crippen LogP contribution >= 0.6 is 23.4 Å². The molecule has 0 saturated carbocycles. The maximum atomic E-state index is 13.1. The summed E-state index contributed by atoms with van der Waals surface area (Å²) in [7, 11) is 2.72. The first kappa shape index (κ1) is 24.5. The number of Topliss-reactive ketones (excluding diaryl/α,β-unsaturated/α-hetero) is 1. The lowest BCUT2D eigenvalue weighted by Crippen LogP contribution is -2.41. The molecule has 0 aliphatic rings. The van der Waals surface area contributed by atoms with E-state index in [4.69, 9.17) is 17.3 Å². The van der Waals surface area contributed by atoms with Gasteiger partial charge >= 0.3 is 5.69 Å². The van der Waals surface area contributed by atoms with Gasteiger partial charge in [0.2, 0.25) is 0 Å². The van der Waals surface area contributed by atoms with Crippen molar-refractivity contribution in [2.24, 2.45) is 14.1 Å². The summed E-state index contributed by atoms with van der Waals surface area (Å²) in [6, 6.07) is 13.3. The van der Waals surface area contributed by atoms with Crippen molar-refractivity contribution in [3.63, 3.8) is 0 Å². The monoisotopic (exact) mass is 510 g/mol. The van der Waals surface area contributed by atoms with Gasteiger partial charge in [0.25, 0.3) is 5.56 Å². The molecule has 35 heavy (non-hydrogen) atoms. The minimum absolute atomic E-state index is 0.129. The van der Waals surface area contributed by atoms with Crippen molar-refractivity contribution in [2.45, 2.75) is 19.0 Å². The van der Waals surface area contributed by atoms with Crippen molar-refractivity contribution < 1.29 is 4.79 Å². The lowest BCUT2D eigenvalue weighted by molar-refractivity contribution is 0.102. The Hall–Kier alpha value is -3.63. The lowest BCUT2D eigenvalue weighted by atomic mass is 10.1. The number of anilines is 1. The topological polar surface area (TPSA) is 118 Å². The fraction of sp³-hybridized carbons (Fsp3) is 0.208. The van der Waals surface area contributed by atoms with Crippen molar-refractivity contribution in [2.75, 3.05) is 11.5 Å². The summed E-state index contributed by atoms with van der Waals surface area (Å²) in [6.07, 6.45) is 0. The second-order valence-electron chi connectivity index (χ2n) is 8.12. The van der Waals surface area contributed by atoms with Gasteiger partial charge in [0.1, 0.15) is 11.4 Å². The number of hydrogen-bond donors (Lipinski definition) is 1. The molecule has 0 fully saturated rings. The van der Waals surface area contributed by atoms with Crippen LogP contribution in [-0.2, 0) is 14.1 Å². The fourth-order valence-corrected chi connectivity index (χ4v) is 4.69. The molecule has 0 amide bonds. The van der Waals surface area contributed by atoms with E-state index in [0.29, 0.717) is 16.0 Å². The quantitative estimate of drug-likeness (QED) is 0.312. The molecule has 2 aromatic carbocycles. The normalized spacial score (nSPS) is 11.1.